The molecule has 2 fully saturated rings. The second kappa shape index (κ2) is 8.94. The zero-order chi connectivity index (χ0) is 24.7. The number of hydrogen-bond acceptors (Lipinski definition) is 4. The molecule has 0 saturated heterocycles. The standard InChI is InChI=1S/C26H26F2N2O5/c27-26(28)20(22(26)24(32)33)12-29-23(31)18-10-5-11-21(18)30-25(34)35-13-19-16-8-3-1-6-14(16)15-7-2-4-9-17(15)19/h1-4,6-9,18-22H,5,10-13H2,(H,29,31)(H,30,34)(H,32,33)/t18-,20+,21+,22+/m1/s1. The summed E-state index contributed by atoms with van der Waals surface area (Å²) in [7, 11) is 0. The van der Waals surface area contributed by atoms with E-state index in [4.69, 9.17) is 9.84 Å². The fourth-order valence-corrected chi connectivity index (χ4v) is 5.56. The summed E-state index contributed by atoms with van der Waals surface area (Å²) in [5.74, 6) is -9.17. The highest BCUT2D eigenvalue weighted by atomic mass is 19.3. The number of alkyl carbamates (subject to hydrolysis) is 1. The molecule has 35 heavy (non-hydrogen) atoms. The van der Waals surface area contributed by atoms with Crippen molar-refractivity contribution < 1.29 is 33.0 Å². The van der Waals surface area contributed by atoms with Crippen molar-refractivity contribution in [2.24, 2.45) is 17.8 Å². The summed E-state index contributed by atoms with van der Waals surface area (Å²) in [6.45, 7) is -0.256. The first kappa shape index (κ1) is 23.3. The van der Waals surface area contributed by atoms with Crippen LogP contribution < -0.4 is 10.6 Å². The minimum atomic E-state index is -3.31. The van der Waals surface area contributed by atoms with Crippen LogP contribution in [0.3, 0.4) is 0 Å². The quantitative estimate of drug-likeness (QED) is 0.555. The van der Waals surface area contributed by atoms with Gasteiger partial charge in [-0.15, -0.1) is 0 Å². The lowest BCUT2D eigenvalue weighted by atomic mass is 9.98. The number of carboxylic acid groups (broad SMARTS) is 1. The number of carbonyl (C=O) groups excluding carboxylic acids is 2. The second-order valence-corrected chi connectivity index (χ2v) is 9.46. The Labute approximate surface area is 200 Å². The van der Waals surface area contributed by atoms with Crippen molar-refractivity contribution in [2.45, 2.75) is 37.1 Å². The lowest BCUT2D eigenvalue weighted by Crippen LogP contribution is -2.45. The Morgan fingerprint density at radius 2 is 1.63 bits per heavy atom. The molecule has 0 unspecified atom stereocenters. The molecule has 0 aliphatic heterocycles. The number of halogens is 2. The SMILES string of the molecule is O=C(N[C@H]1CCC[C@H]1C(=O)NC[C@H]1[C@@H](C(=O)O)C1(F)F)OCC1c2ccccc2-c2ccccc21. The first-order valence-corrected chi connectivity index (χ1v) is 11.8. The van der Waals surface area contributed by atoms with Crippen molar-refractivity contribution in [1.82, 2.24) is 10.6 Å². The average molecular weight is 484 g/mol. The number of carbonyl (C=O) groups is 3. The van der Waals surface area contributed by atoms with Gasteiger partial charge in [-0.25, -0.2) is 13.6 Å². The van der Waals surface area contributed by atoms with Crippen molar-refractivity contribution in [2.75, 3.05) is 13.2 Å². The third-order valence-corrected chi connectivity index (χ3v) is 7.46. The van der Waals surface area contributed by atoms with Crippen LogP contribution in [0.5, 0.6) is 0 Å². The summed E-state index contributed by atoms with van der Waals surface area (Å²) in [5.41, 5.74) is 4.43. The molecule has 0 bridgehead atoms. The highest BCUT2D eigenvalue weighted by Gasteiger charge is 2.72. The number of hydrogen-bond donors (Lipinski definition) is 3. The van der Waals surface area contributed by atoms with Gasteiger partial charge in [-0.3, -0.25) is 9.59 Å². The van der Waals surface area contributed by atoms with Gasteiger partial charge in [-0.1, -0.05) is 55.0 Å². The first-order valence-electron chi connectivity index (χ1n) is 11.8. The van der Waals surface area contributed by atoms with Crippen LogP contribution in [0.15, 0.2) is 48.5 Å². The molecule has 2 saturated carbocycles. The number of rotatable bonds is 7. The number of aliphatic carboxylic acids is 1. The van der Waals surface area contributed by atoms with Gasteiger partial charge in [0.25, 0.3) is 5.92 Å². The zero-order valence-electron chi connectivity index (χ0n) is 18.9. The maximum atomic E-state index is 13.6. The minimum absolute atomic E-state index is 0.0850. The average Bonchev–Trinajstić information content (AvgIpc) is 3.13. The molecule has 2 aromatic carbocycles. The molecule has 7 nitrogen and oxygen atoms in total. The number of fused-ring (bicyclic) bond motifs is 3. The van der Waals surface area contributed by atoms with Crippen LogP contribution in [0, 0.1) is 17.8 Å². The van der Waals surface area contributed by atoms with Gasteiger partial charge in [0.15, 0.2) is 0 Å². The number of amides is 2. The third kappa shape index (κ3) is 4.24. The van der Waals surface area contributed by atoms with E-state index in [1.54, 1.807) is 0 Å². The highest BCUT2D eigenvalue weighted by Crippen LogP contribution is 2.55. The largest absolute Gasteiger partial charge is 0.481 e. The van der Waals surface area contributed by atoms with Gasteiger partial charge in [0.05, 0.1) is 11.8 Å². The second-order valence-electron chi connectivity index (χ2n) is 9.46. The molecule has 2 amide bonds. The van der Waals surface area contributed by atoms with Gasteiger partial charge >= 0.3 is 12.1 Å². The van der Waals surface area contributed by atoms with Gasteiger partial charge in [0, 0.05) is 18.5 Å². The van der Waals surface area contributed by atoms with Crippen LogP contribution in [0.2, 0.25) is 0 Å². The number of nitrogens with one attached hydrogen (secondary N) is 2. The van der Waals surface area contributed by atoms with Crippen LogP contribution >= 0.6 is 0 Å². The Kier molecular flexibility index (Phi) is 5.94. The Morgan fingerprint density at radius 3 is 2.23 bits per heavy atom. The van der Waals surface area contributed by atoms with E-state index < -0.39 is 54.2 Å². The van der Waals surface area contributed by atoms with E-state index in [1.807, 2.05) is 48.5 Å². The molecule has 3 aliphatic carbocycles. The van der Waals surface area contributed by atoms with Crippen molar-refractivity contribution >= 4 is 18.0 Å². The lowest BCUT2D eigenvalue weighted by molar-refractivity contribution is -0.141. The minimum Gasteiger partial charge on any atom is -0.481 e. The highest BCUT2D eigenvalue weighted by molar-refractivity contribution is 5.82. The molecule has 9 heteroatoms. The fraction of sp³-hybridized carbons (Fsp3) is 0.423. The van der Waals surface area contributed by atoms with Gasteiger partial charge < -0.3 is 20.5 Å². The first-order chi connectivity index (χ1) is 16.8. The molecular formula is C26H26F2N2O5. The van der Waals surface area contributed by atoms with Crippen molar-refractivity contribution in [3.05, 3.63) is 59.7 Å². The molecule has 0 spiro atoms. The summed E-state index contributed by atoms with van der Waals surface area (Å²) >= 11 is 0. The van der Waals surface area contributed by atoms with Crippen LogP contribution in [-0.4, -0.2) is 48.2 Å². The molecular weight excluding hydrogens is 458 g/mol. The van der Waals surface area contributed by atoms with Crippen LogP contribution in [0.1, 0.15) is 36.3 Å². The summed E-state index contributed by atoms with van der Waals surface area (Å²) in [6, 6.07) is 15.5. The van der Waals surface area contributed by atoms with E-state index >= 15 is 0 Å². The molecule has 3 aliphatic rings. The Bertz CT molecular complexity index is 1120. The van der Waals surface area contributed by atoms with Gasteiger partial charge in [-0.05, 0) is 35.1 Å². The maximum absolute atomic E-state index is 13.6. The summed E-state index contributed by atoms with van der Waals surface area (Å²) in [4.78, 5) is 36.1. The number of alkyl halides is 2. The van der Waals surface area contributed by atoms with Crippen LogP contribution in [-0.2, 0) is 14.3 Å². The maximum Gasteiger partial charge on any atom is 0.407 e. The van der Waals surface area contributed by atoms with Crippen LogP contribution in [0.4, 0.5) is 13.6 Å². The van der Waals surface area contributed by atoms with E-state index in [0.29, 0.717) is 19.3 Å². The number of ether oxygens (including phenoxy) is 1. The number of benzene rings is 2. The van der Waals surface area contributed by atoms with Gasteiger partial charge in [0.2, 0.25) is 5.91 Å². The Morgan fingerprint density at radius 1 is 1.00 bits per heavy atom. The monoisotopic (exact) mass is 484 g/mol. The van der Waals surface area contributed by atoms with Crippen molar-refractivity contribution in [1.29, 1.82) is 0 Å². The normalized spacial score (nSPS) is 25.9. The van der Waals surface area contributed by atoms with E-state index in [-0.39, 0.29) is 12.5 Å². The van der Waals surface area contributed by atoms with E-state index in [0.717, 1.165) is 22.3 Å². The van der Waals surface area contributed by atoms with Crippen molar-refractivity contribution in [3.63, 3.8) is 0 Å². The third-order valence-electron chi connectivity index (χ3n) is 7.46. The Hall–Kier alpha value is -3.49. The van der Waals surface area contributed by atoms with E-state index in [2.05, 4.69) is 10.6 Å². The summed E-state index contributed by atoms with van der Waals surface area (Å²) in [5, 5.41) is 14.1. The molecule has 3 N–H and O–H groups in total. The predicted molar refractivity (Wildman–Crippen MR) is 122 cm³/mol. The zero-order valence-corrected chi connectivity index (χ0v) is 18.9. The molecule has 0 aromatic heterocycles. The predicted octanol–water partition coefficient (Wildman–Crippen LogP) is 3.78. The van der Waals surface area contributed by atoms with Gasteiger partial charge in [0.1, 0.15) is 12.5 Å². The topological polar surface area (TPSA) is 105 Å². The Balaban J connectivity index is 1.15. The molecule has 0 radical (unpaired) electrons. The van der Waals surface area contributed by atoms with Gasteiger partial charge in [-0.2, -0.15) is 0 Å². The molecule has 5 rings (SSSR count). The van der Waals surface area contributed by atoms with E-state index in [9.17, 15) is 23.2 Å². The van der Waals surface area contributed by atoms with Crippen molar-refractivity contribution in [3.8, 4) is 11.1 Å². The van der Waals surface area contributed by atoms with Crippen LogP contribution in [0.25, 0.3) is 11.1 Å². The lowest BCUT2D eigenvalue weighted by Gasteiger charge is -2.21. The molecule has 4 atom stereocenters. The van der Waals surface area contributed by atoms with E-state index in [1.165, 1.54) is 0 Å². The molecule has 184 valence electrons. The smallest absolute Gasteiger partial charge is 0.407 e. The summed E-state index contributed by atoms with van der Waals surface area (Å²) in [6.07, 6.45) is 1.14. The summed E-state index contributed by atoms with van der Waals surface area (Å²) < 4.78 is 32.7. The fourth-order valence-electron chi connectivity index (χ4n) is 5.56. The molecule has 0 heterocycles. The number of carboxylic acids is 1. The molecule has 2 aromatic rings.